The van der Waals surface area contributed by atoms with Gasteiger partial charge < -0.3 is 10.6 Å². The third-order valence-corrected chi connectivity index (χ3v) is 4.72. The average Bonchev–Trinajstić information content (AvgIpc) is 2.57. The SMILES string of the molecule is NC1CCCCC1N1CC(CS(=O)(=O)F)CC1=O. The van der Waals surface area contributed by atoms with Crippen LogP contribution in [-0.2, 0) is 15.0 Å². The van der Waals surface area contributed by atoms with Gasteiger partial charge in [-0.15, -0.1) is 3.89 Å². The summed E-state index contributed by atoms with van der Waals surface area (Å²) >= 11 is 0. The van der Waals surface area contributed by atoms with Gasteiger partial charge in [-0.25, -0.2) is 0 Å². The summed E-state index contributed by atoms with van der Waals surface area (Å²) in [6, 6.07) is -0.0398. The Morgan fingerprint density at radius 3 is 2.61 bits per heavy atom. The van der Waals surface area contributed by atoms with E-state index in [2.05, 4.69) is 0 Å². The molecule has 1 saturated carbocycles. The first-order chi connectivity index (χ1) is 8.37. The van der Waals surface area contributed by atoms with Gasteiger partial charge in [0.05, 0.1) is 5.75 Å². The number of nitrogens with two attached hydrogens (primary N) is 1. The van der Waals surface area contributed by atoms with E-state index in [-0.39, 0.29) is 24.4 Å². The van der Waals surface area contributed by atoms with Crippen molar-refractivity contribution in [3.05, 3.63) is 0 Å². The van der Waals surface area contributed by atoms with Crippen molar-refractivity contribution in [1.82, 2.24) is 4.90 Å². The zero-order chi connectivity index (χ0) is 13.3. The minimum Gasteiger partial charge on any atom is -0.338 e. The van der Waals surface area contributed by atoms with Crippen LogP contribution in [0.5, 0.6) is 0 Å². The molecule has 1 aliphatic carbocycles. The van der Waals surface area contributed by atoms with E-state index in [4.69, 9.17) is 5.73 Å². The summed E-state index contributed by atoms with van der Waals surface area (Å²) < 4.78 is 33.9. The van der Waals surface area contributed by atoms with Crippen molar-refractivity contribution in [2.45, 2.75) is 44.2 Å². The highest BCUT2D eigenvalue weighted by molar-refractivity contribution is 7.86. The molecule has 1 saturated heterocycles. The maximum absolute atomic E-state index is 12.6. The molecule has 0 bridgehead atoms. The van der Waals surface area contributed by atoms with Crippen LogP contribution in [0.4, 0.5) is 3.89 Å². The molecule has 2 N–H and O–H groups in total. The van der Waals surface area contributed by atoms with Crippen molar-refractivity contribution in [2.24, 2.45) is 11.7 Å². The lowest BCUT2D eigenvalue weighted by atomic mass is 9.90. The maximum Gasteiger partial charge on any atom is 0.302 e. The van der Waals surface area contributed by atoms with Gasteiger partial charge in [-0.3, -0.25) is 4.79 Å². The van der Waals surface area contributed by atoms with E-state index < -0.39 is 21.9 Å². The smallest absolute Gasteiger partial charge is 0.302 e. The number of amides is 1. The third kappa shape index (κ3) is 3.20. The predicted octanol–water partition coefficient (Wildman–Crippen LogP) is 0.404. The van der Waals surface area contributed by atoms with Crippen LogP contribution in [0.25, 0.3) is 0 Å². The molecular weight excluding hydrogens is 259 g/mol. The fourth-order valence-electron chi connectivity index (χ4n) is 3.05. The van der Waals surface area contributed by atoms with Crippen LogP contribution in [0.3, 0.4) is 0 Å². The molecule has 0 radical (unpaired) electrons. The maximum atomic E-state index is 12.6. The van der Waals surface area contributed by atoms with Crippen molar-refractivity contribution < 1.29 is 17.1 Å². The molecule has 2 aliphatic rings. The first kappa shape index (κ1) is 13.7. The van der Waals surface area contributed by atoms with Crippen molar-refractivity contribution >= 4 is 16.1 Å². The summed E-state index contributed by atoms with van der Waals surface area (Å²) in [5.41, 5.74) is 6.01. The Morgan fingerprint density at radius 1 is 1.33 bits per heavy atom. The van der Waals surface area contributed by atoms with E-state index in [0.29, 0.717) is 6.54 Å². The van der Waals surface area contributed by atoms with E-state index in [9.17, 15) is 17.1 Å². The van der Waals surface area contributed by atoms with Crippen molar-refractivity contribution in [1.29, 1.82) is 0 Å². The van der Waals surface area contributed by atoms with Gasteiger partial charge in [0, 0.05) is 31.0 Å². The second-order valence-corrected chi connectivity index (χ2v) is 6.75. The van der Waals surface area contributed by atoms with Gasteiger partial charge in [0.2, 0.25) is 5.91 Å². The number of hydrogen-bond donors (Lipinski definition) is 1. The summed E-state index contributed by atoms with van der Waals surface area (Å²) in [5.74, 6) is -1.08. The molecule has 0 aromatic heterocycles. The third-order valence-electron chi connectivity index (χ3n) is 3.86. The van der Waals surface area contributed by atoms with Gasteiger partial charge in [0.25, 0.3) is 0 Å². The van der Waals surface area contributed by atoms with Crippen molar-refractivity contribution in [3.63, 3.8) is 0 Å². The Balaban J connectivity index is 2.00. The minimum absolute atomic E-state index is 0.00133. The lowest BCUT2D eigenvalue weighted by molar-refractivity contribution is -0.130. The summed E-state index contributed by atoms with van der Waals surface area (Å²) in [7, 11) is -4.51. The summed E-state index contributed by atoms with van der Waals surface area (Å²) in [5, 5.41) is 0. The number of nitrogens with zero attached hydrogens (tertiary/aromatic N) is 1. The number of carbonyl (C=O) groups excluding carboxylic acids is 1. The van der Waals surface area contributed by atoms with Gasteiger partial charge in [-0.2, -0.15) is 8.42 Å². The molecule has 1 heterocycles. The van der Waals surface area contributed by atoms with E-state index in [0.717, 1.165) is 25.7 Å². The van der Waals surface area contributed by atoms with E-state index in [1.165, 1.54) is 0 Å². The lowest BCUT2D eigenvalue weighted by Gasteiger charge is -2.36. The molecule has 0 spiro atoms. The molecule has 1 aliphatic heterocycles. The first-order valence-electron chi connectivity index (χ1n) is 6.34. The molecule has 5 nitrogen and oxygen atoms in total. The van der Waals surface area contributed by atoms with Crippen LogP contribution in [0.1, 0.15) is 32.1 Å². The van der Waals surface area contributed by atoms with Gasteiger partial charge in [0.15, 0.2) is 0 Å². The monoisotopic (exact) mass is 278 g/mol. The molecule has 2 rings (SSSR count). The minimum atomic E-state index is -4.51. The standard InChI is InChI=1S/C11H19FN2O3S/c12-18(16,17)7-8-5-11(15)14(6-8)10-4-2-1-3-9(10)13/h8-10H,1-7,13H2. The van der Waals surface area contributed by atoms with E-state index >= 15 is 0 Å². The van der Waals surface area contributed by atoms with Crippen LogP contribution in [0.2, 0.25) is 0 Å². The predicted molar refractivity (Wildman–Crippen MR) is 64.9 cm³/mol. The molecule has 3 atom stereocenters. The van der Waals surface area contributed by atoms with Crippen LogP contribution in [-0.4, -0.2) is 43.6 Å². The number of hydrogen-bond acceptors (Lipinski definition) is 4. The summed E-state index contributed by atoms with van der Waals surface area (Å²) in [6.45, 7) is 0.320. The Morgan fingerprint density at radius 2 is 2.00 bits per heavy atom. The number of rotatable bonds is 3. The van der Waals surface area contributed by atoms with E-state index in [1.807, 2.05) is 0 Å². The zero-order valence-electron chi connectivity index (χ0n) is 10.2. The number of likely N-dealkylation sites (tertiary alicyclic amines) is 1. The van der Waals surface area contributed by atoms with Crippen molar-refractivity contribution in [2.75, 3.05) is 12.3 Å². The van der Waals surface area contributed by atoms with Crippen LogP contribution >= 0.6 is 0 Å². The highest BCUT2D eigenvalue weighted by atomic mass is 32.3. The number of halogens is 1. The van der Waals surface area contributed by atoms with Gasteiger partial charge in [0.1, 0.15) is 0 Å². The Bertz CT molecular complexity index is 426. The van der Waals surface area contributed by atoms with Gasteiger partial charge in [-0.05, 0) is 12.8 Å². The van der Waals surface area contributed by atoms with Crippen LogP contribution in [0.15, 0.2) is 0 Å². The quantitative estimate of drug-likeness (QED) is 0.758. The van der Waals surface area contributed by atoms with Crippen LogP contribution in [0, 0.1) is 5.92 Å². The summed E-state index contributed by atoms with van der Waals surface area (Å²) in [6.07, 6.45) is 3.98. The Hall–Kier alpha value is -0.690. The molecule has 0 aromatic rings. The van der Waals surface area contributed by atoms with Gasteiger partial charge in [-0.1, -0.05) is 12.8 Å². The fourth-order valence-corrected chi connectivity index (χ4v) is 3.84. The molecule has 7 heteroatoms. The van der Waals surface area contributed by atoms with Crippen molar-refractivity contribution in [3.8, 4) is 0 Å². The molecule has 104 valence electrons. The molecule has 3 unspecified atom stereocenters. The largest absolute Gasteiger partial charge is 0.338 e. The molecule has 2 fully saturated rings. The number of carbonyl (C=O) groups is 1. The Labute approximate surface area is 107 Å². The fraction of sp³-hybridized carbons (Fsp3) is 0.909. The second kappa shape index (κ2) is 5.13. The van der Waals surface area contributed by atoms with Gasteiger partial charge >= 0.3 is 10.2 Å². The Kier molecular flexibility index (Phi) is 3.91. The molecular formula is C11H19FN2O3S. The van der Waals surface area contributed by atoms with E-state index in [1.54, 1.807) is 4.90 Å². The molecule has 18 heavy (non-hydrogen) atoms. The summed E-state index contributed by atoms with van der Waals surface area (Å²) in [4.78, 5) is 13.5. The topological polar surface area (TPSA) is 80.5 Å². The lowest BCUT2D eigenvalue weighted by Crippen LogP contribution is -2.50. The zero-order valence-corrected chi connectivity index (χ0v) is 11.0. The normalized spacial score (nSPS) is 34.0. The highest BCUT2D eigenvalue weighted by Gasteiger charge is 2.39. The molecule has 1 amide bonds. The van der Waals surface area contributed by atoms with Crippen LogP contribution < -0.4 is 5.73 Å². The first-order valence-corrected chi connectivity index (χ1v) is 7.89. The second-order valence-electron chi connectivity index (χ2n) is 5.34. The molecule has 0 aromatic carbocycles. The average molecular weight is 278 g/mol. The highest BCUT2D eigenvalue weighted by Crippen LogP contribution is 2.28.